The summed E-state index contributed by atoms with van der Waals surface area (Å²) in [6.07, 6.45) is 5.11. The van der Waals surface area contributed by atoms with Crippen LogP contribution in [-0.2, 0) is 10.0 Å². The van der Waals surface area contributed by atoms with Gasteiger partial charge in [-0.05, 0) is 24.6 Å². The summed E-state index contributed by atoms with van der Waals surface area (Å²) in [6, 6.07) is 4.22. The van der Waals surface area contributed by atoms with Crippen LogP contribution < -0.4 is 10.5 Å². The van der Waals surface area contributed by atoms with Crippen molar-refractivity contribution in [2.24, 2.45) is 5.14 Å². The van der Waals surface area contributed by atoms with Gasteiger partial charge in [-0.2, -0.15) is 0 Å². The highest BCUT2D eigenvalue weighted by Crippen LogP contribution is 2.35. The van der Waals surface area contributed by atoms with Crippen LogP contribution in [0, 0.1) is 0 Å². The van der Waals surface area contributed by atoms with E-state index in [1.165, 1.54) is 6.07 Å². The van der Waals surface area contributed by atoms with Crippen molar-refractivity contribution in [3.05, 3.63) is 36.2 Å². The molecule has 2 aromatic rings. The number of hydrogen-bond donors (Lipinski definition) is 4. The van der Waals surface area contributed by atoms with E-state index in [0.717, 1.165) is 18.9 Å². The van der Waals surface area contributed by atoms with Gasteiger partial charge in [0.25, 0.3) is 0 Å². The molecule has 2 rings (SSSR count). The maximum Gasteiger partial charge on any atom is 0.335 e. The van der Waals surface area contributed by atoms with Crippen LogP contribution in [0.15, 0.2) is 35.5 Å². The smallest absolute Gasteiger partial charge is 0.335 e. The lowest BCUT2D eigenvalue weighted by Gasteiger charge is -2.16. The van der Waals surface area contributed by atoms with Crippen molar-refractivity contribution in [3.8, 4) is 11.1 Å². The summed E-state index contributed by atoms with van der Waals surface area (Å²) in [7, 11) is -4.09. The number of aromatic nitrogens is 1. The molecule has 1 aromatic carbocycles. The fourth-order valence-corrected chi connectivity index (χ4v) is 3.08. The zero-order valence-electron chi connectivity index (χ0n) is 12.7. The zero-order chi connectivity index (χ0) is 17.0. The molecule has 0 fully saturated rings. The number of unbranched alkanes of at least 4 members (excludes halogenated alkanes) is 1. The van der Waals surface area contributed by atoms with E-state index < -0.39 is 16.0 Å². The number of nitrogens with two attached hydrogens (primary N) is 1. The number of primary sulfonamides is 1. The van der Waals surface area contributed by atoms with Crippen LogP contribution in [0.4, 0.5) is 5.69 Å². The van der Waals surface area contributed by atoms with E-state index in [-0.39, 0.29) is 10.5 Å². The number of sulfonamides is 1. The number of carboxylic acid groups (broad SMARTS) is 1. The van der Waals surface area contributed by atoms with Crippen molar-refractivity contribution in [2.45, 2.75) is 24.7 Å². The molecule has 7 nitrogen and oxygen atoms in total. The summed E-state index contributed by atoms with van der Waals surface area (Å²) in [5.74, 6) is -1.21. The molecule has 0 aliphatic heterocycles. The SMILES string of the molecule is CCCCNc1cc(C(=O)O)cc(S(N)(=O)=O)c1-c1cc[nH]c1. The lowest BCUT2D eigenvalue weighted by molar-refractivity contribution is 0.0696. The minimum Gasteiger partial charge on any atom is -0.478 e. The van der Waals surface area contributed by atoms with Crippen LogP contribution in [0.25, 0.3) is 11.1 Å². The normalized spacial score (nSPS) is 11.4. The molecule has 0 atom stereocenters. The fraction of sp³-hybridized carbons (Fsp3) is 0.267. The first kappa shape index (κ1) is 17.0. The molecule has 0 bridgehead atoms. The van der Waals surface area contributed by atoms with Gasteiger partial charge in [-0.1, -0.05) is 13.3 Å². The van der Waals surface area contributed by atoms with Gasteiger partial charge < -0.3 is 15.4 Å². The van der Waals surface area contributed by atoms with E-state index in [1.807, 2.05) is 6.92 Å². The van der Waals surface area contributed by atoms with Gasteiger partial charge in [0.1, 0.15) is 0 Å². The first-order valence-electron chi connectivity index (χ1n) is 7.15. The van der Waals surface area contributed by atoms with Crippen molar-refractivity contribution < 1.29 is 18.3 Å². The molecule has 0 spiro atoms. The Morgan fingerprint density at radius 1 is 1.39 bits per heavy atom. The third-order valence-electron chi connectivity index (χ3n) is 3.39. The average Bonchev–Trinajstić information content (AvgIpc) is 2.99. The van der Waals surface area contributed by atoms with E-state index in [9.17, 15) is 18.3 Å². The molecule has 0 amide bonds. The number of hydrogen-bond acceptors (Lipinski definition) is 4. The first-order valence-corrected chi connectivity index (χ1v) is 8.70. The van der Waals surface area contributed by atoms with E-state index in [4.69, 9.17) is 5.14 Å². The first-order chi connectivity index (χ1) is 10.8. The second-order valence-electron chi connectivity index (χ2n) is 5.13. The Hall–Kier alpha value is -2.32. The molecule has 0 radical (unpaired) electrons. The standard InChI is InChI=1S/C15H19N3O4S/c1-2-3-5-18-12-7-11(15(19)20)8-13(23(16,21)22)14(12)10-4-6-17-9-10/h4,6-9,17-18H,2-3,5H2,1H3,(H,19,20)(H2,16,21,22). The Balaban J connectivity index is 2.70. The molecule has 124 valence electrons. The highest BCUT2D eigenvalue weighted by molar-refractivity contribution is 7.89. The van der Waals surface area contributed by atoms with Crippen LogP contribution >= 0.6 is 0 Å². The molecule has 1 aromatic heterocycles. The summed E-state index contributed by atoms with van der Waals surface area (Å²) in [4.78, 5) is 13.9. The molecule has 0 aliphatic rings. The third-order valence-corrected chi connectivity index (χ3v) is 4.32. The molecule has 0 aliphatic carbocycles. The Morgan fingerprint density at radius 3 is 2.65 bits per heavy atom. The summed E-state index contributed by atoms with van der Waals surface area (Å²) in [5.41, 5.74) is 1.29. The maximum atomic E-state index is 12.0. The van der Waals surface area contributed by atoms with Gasteiger partial charge >= 0.3 is 5.97 Å². The van der Waals surface area contributed by atoms with Gasteiger partial charge in [-0.15, -0.1) is 0 Å². The van der Waals surface area contributed by atoms with E-state index >= 15 is 0 Å². The molecule has 0 saturated heterocycles. The van der Waals surface area contributed by atoms with Gasteiger partial charge in [-0.3, -0.25) is 0 Å². The van der Waals surface area contributed by atoms with Crippen LogP contribution in [-0.4, -0.2) is 31.0 Å². The molecule has 0 saturated carbocycles. The Morgan fingerprint density at radius 2 is 2.13 bits per heavy atom. The number of aromatic amines is 1. The number of benzene rings is 1. The van der Waals surface area contributed by atoms with Crippen LogP contribution in [0.3, 0.4) is 0 Å². The minimum atomic E-state index is -4.09. The minimum absolute atomic E-state index is 0.132. The molecule has 23 heavy (non-hydrogen) atoms. The van der Waals surface area contributed by atoms with Crippen molar-refractivity contribution in [1.29, 1.82) is 0 Å². The number of aromatic carboxylic acids is 1. The number of carbonyl (C=O) groups is 1. The highest BCUT2D eigenvalue weighted by atomic mass is 32.2. The predicted molar refractivity (Wildman–Crippen MR) is 88.0 cm³/mol. The summed E-state index contributed by atoms with van der Waals surface area (Å²) in [6.45, 7) is 2.62. The number of H-pyrrole nitrogens is 1. The molecule has 0 unspecified atom stereocenters. The topological polar surface area (TPSA) is 125 Å². The average molecular weight is 337 g/mol. The Bertz CT molecular complexity index is 798. The number of carboxylic acids is 1. The Kier molecular flexibility index (Phi) is 5.07. The molecular formula is C15H19N3O4S. The van der Waals surface area contributed by atoms with Crippen molar-refractivity contribution in [2.75, 3.05) is 11.9 Å². The summed E-state index contributed by atoms with van der Waals surface area (Å²) < 4.78 is 23.9. The lowest BCUT2D eigenvalue weighted by atomic mass is 10.0. The van der Waals surface area contributed by atoms with Crippen LogP contribution in [0.1, 0.15) is 30.1 Å². The van der Waals surface area contributed by atoms with Crippen LogP contribution in [0.5, 0.6) is 0 Å². The van der Waals surface area contributed by atoms with Gasteiger partial charge in [0.2, 0.25) is 10.0 Å². The van der Waals surface area contributed by atoms with Gasteiger partial charge in [-0.25, -0.2) is 18.4 Å². The summed E-state index contributed by atoms with van der Waals surface area (Å²) in [5, 5.41) is 17.6. The highest BCUT2D eigenvalue weighted by Gasteiger charge is 2.22. The van der Waals surface area contributed by atoms with Crippen molar-refractivity contribution in [1.82, 2.24) is 4.98 Å². The van der Waals surface area contributed by atoms with Gasteiger partial charge in [0.05, 0.1) is 10.5 Å². The van der Waals surface area contributed by atoms with Crippen LogP contribution in [0.2, 0.25) is 0 Å². The lowest BCUT2D eigenvalue weighted by Crippen LogP contribution is -2.16. The second kappa shape index (κ2) is 6.84. The molecular weight excluding hydrogens is 318 g/mol. The predicted octanol–water partition coefficient (Wildman–Crippen LogP) is 2.24. The van der Waals surface area contributed by atoms with E-state index in [2.05, 4.69) is 10.3 Å². The maximum absolute atomic E-state index is 12.0. The van der Waals surface area contributed by atoms with E-state index in [0.29, 0.717) is 23.4 Å². The van der Waals surface area contributed by atoms with Gasteiger partial charge in [0, 0.05) is 35.8 Å². The zero-order valence-corrected chi connectivity index (χ0v) is 13.5. The second-order valence-corrected chi connectivity index (χ2v) is 6.66. The molecule has 1 heterocycles. The largest absolute Gasteiger partial charge is 0.478 e. The fourth-order valence-electron chi connectivity index (χ4n) is 2.28. The van der Waals surface area contributed by atoms with Gasteiger partial charge in [0.15, 0.2) is 0 Å². The van der Waals surface area contributed by atoms with Crippen molar-refractivity contribution in [3.63, 3.8) is 0 Å². The molecule has 5 N–H and O–H groups in total. The number of nitrogens with one attached hydrogen (secondary N) is 2. The monoisotopic (exact) mass is 337 g/mol. The third kappa shape index (κ3) is 3.91. The summed E-state index contributed by atoms with van der Waals surface area (Å²) >= 11 is 0. The van der Waals surface area contributed by atoms with Crippen molar-refractivity contribution >= 4 is 21.7 Å². The van der Waals surface area contributed by atoms with E-state index in [1.54, 1.807) is 18.5 Å². The quantitative estimate of drug-likeness (QED) is 0.577. The number of anilines is 1. The number of rotatable bonds is 7. The Labute approximate surface area is 134 Å². The molecule has 8 heteroatoms.